The number of ether oxygens (including phenoxy) is 1. The summed E-state index contributed by atoms with van der Waals surface area (Å²) >= 11 is 0. The summed E-state index contributed by atoms with van der Waals surface area (Å²) < 4.78 is 10.5. The Bertz CT molecular complexity index is 1020. The van der Waals surface area contributed by atoms with E-state index in [0.29, 0.717) is 41.1 Å². The molecule has 1 aromatic heterocycles. The second kappa shape index (κ2) is 7.03. The molecule has 1 aromatic carbocycles. The highest BCUT2D eigenvalue weighted by molar-refractivity contribution is 6.10. The van der Waals surface area contributed by atoms with Crippen molar-refractivity contribution in [2.45, 2.75) is 39.0 Å². The molecule has 1 aliphatic heterocycles. The number of para-hydroxylation sites is 1. The standard InChI is InChI=1S/C23H23NO5/c1-23(2)12-17-21(18(25)13-23)15(19-9-6-10-29-19)11-20(26)24(17)16-8-5-4-7-14(16)22(27)28-3/h4-10,15H,11-13H2,1-3H3. The smallest absolute Gasteiger partial charge is 0.339 e. The van der Waals surface area contributed by atoms with Crippen molar-refractivity contribution in [3.8, 4) is 0 Å². The highest BCUT2D eigenvalue weighted by Crippen LogP contribution is 2.48. The van der Waals surface area contributed by atoms with Crippen LogP contribution in [0, 0.1) is 5.41 Å². The summed E-state index contributed by atoms with van der Waals surface area (Å²) in [5.74, 6) is -0.472. The first kappa shape index (κ1) is 19.2. The number of esters is 1. The van der Waals surface area contributed by atoms with Gasteiger partial charge < -0.3 is 9.15 Å². The highest BCUT2D eigenvalue weighted by atomic mass is 16.5. The van der Waals surface area contributed by atoms with Gasteiger partial charge in [-0.05, 0) is 36.1 Å². The van der Waals surface area contributed by atoms with Gasteiger partial charge in [0.05, 0.1) is 30.5 Å². The number of hydrogen-bond acceptors (Lipinski definition) is 5. The molecule has 0 radical (unpaired) electrons. The number of carbonyl (C=O) groups excluding carboxylic acids is 3. The molecule has 0 saturated carbocycles. The lowest BCUT2D eigenvalue weighted by atomic mass is 9.70. The predicted octanol–water partition coefficient (Wildman–Crippen LogP) is 4.23. The molecule has 150 valence electrons. The van der Waals surface area contributed by atoms with Crippen LogP contribution in [-0.4, -0.2) is 24.8 Å². The zero-order valence-electron chi connectivity index (χ0n) is 16.7. The van der Waals surface area contributed by atoms with Crippen LogP contribution >= 0.6 is 0 Å². The number of furan rings is 1. The van der Waals surface area contributed by atoms with Crippen molar-refractivity contribution in [1.29, 1.82) is 0 Å². The van der Waals surface area contributed by atoms with Gasteiger partial charge in [0.1, 0.15) is 5.76 Å². The van der Waals surface area contributed by atoms with E-state index in [9.17, 15) is 14.4 Å². The van der Waals surface area contributed by atoms with Gasteiger partial charge in [0.25, 0.3) is 0 Å². The molecule has 2 aromatic rings. The zero-order chi connectivity index (χ0) is 20.8. The minimum absolute atomic E-state index is 0.0192. The van der Waals surface area contributed by atoms with Crippen LogP contribution in [0.25, 0.3) is 0 Å². The van der Waals surface area contributed by atoms with Crippen molar-refractivity contribution in [1.82, 2.24) is 0 Å². The number of rotatable bonds is 3. The molecule has 1 aliphatic carbocycles. The quantitative estimate of drug-likeness (QED) is 0.730. The molecule has 0 fully saturated rings. The van der Waals surface area contributed by atoms with Gasteiger partial charge in [0, 0.05) is 24.1 Å². The van der Waals surface area contributed by atoms with Gasteiger partial charge in [-0.2, -0.15) is 0 Å². The number of anilines is 1. The molecule has 6 nitrogen and oxygen atoms in total. The molecule has 1 amide bonds. The summed E-state index contributed by atoms with van der Waals surface area (Å²) in [5.41, 5.74) is 1.71. The molecule has 0 N–H and O–H groups in total. The first-order valence-corrected chi connectivity index (χ1v) is 9.62. The molecule has 6 heteroatoms. The Morgan fingerprint density at radius 2 is 1.90 bits per heavy atom. The van der Waals surface area contributed by atoms with Crippen LogP contribution in [0.1, 0.15) is 55.1 Å². The molecule has 0 saturated heterocycles. The van der Waals surface area contributed by atoms with Crippen LogP contribution in [0.4, 0.5) is 5.69 Å². The van der Waals surface area contributed by atoms with E-state index in [-0.39, 0.29) is 23.5 Å². The van der Waals surface area contributed by atoms with E-state index < -0.39 is 11.9 Å². The van der Waals surface area contributed by atoms with Gasteiger partial charge in [-0.3, -0.25) is 14.5 Å². The van der Waals surface area contributed by atoms with Crippen LogP contribution in [0.3, 0.4) is 0 Å². The molecule has 29 heavy (non-hydrogen) atoms. The van der Waals surface area contributed by atoms with E-state index in [4.69, 9.17) is 9.15 Å². The fraction of sp³-hybridized carbons (Fsp3) is 0.348. The summed E-state index contributed by atoms with van der Waals surface area (Å²) in [6.45, 7) is 4.03. The summed E-state index contributed by atoms with van der Waals surface area (Å²) in [6, 6.07) is 10.4. The van der Waals surface area contributed by atoms with E-state index in [0.717, 1.165) is 0 Å². The Labute approximate surface area is 169 Å². The van der Waals surface area contributed by atoms with E-state index in [1.165, 1.54) is 7.11 Å². The highest BCUT2D eigenvalue weighted by Gasteiger charge is 2.45. The predicted molar refractivity (Wildman–Crippen MR) is 106 cm³/mol. The summed E-state index contributed by atoms with van der Waals surface area (Å²) in [7, 11) is 1.31. The number of methoxy groups -OCH3 is 1. The maximum absolute atomic E-state index is 13.3. The number of nitrogens with zero attached hydrogens (tertiary/aromatic N) is 1. The third-order valence-corrected chi connectivity index (χ3v) is 5.58. The van der Waals surface area contributed by atoms with Crippen LogP contribution in [0.15, 0.2) is 58.3 Å². The third kappa shape index (κ3) is 3.28. The van der Waals surface area contributed by atoms with E-state index in [1.807, 2.05) is 13.8 Å². The minimum atomic E-state index is -0.523. The minimum Gasteiger partial charge on any atom is -0.469 e. The molecule has 2 aliphatic rings. The molecular formula is C23H23NO5. The monoisotopic (exact) mass is 393 g/mol. The van der Waals surface area contributed by atoms with Crippen molar-refractivity contribution in [3.63, 3.8) is 0 Å². The number of ketones is 1. The van der Waals surface area contributed by atoms with Gasteiger partial charge in [0.15, 0.2) is 5.78 Å². The summed E-state index contributed by atoms with van der Waals surface area (Å²) in [6.07, 6.45) is 2.61. The maximum atomic E-state index is 13.3. The molecule has 0 bridgehead atoms. The largest absolute Gasteiger partial charge is 0.469 e. The first-order valence-electron chi connectivity index (χ1n) is 9.62. The number of hydrogen-bond donors (Lipinski definition) is 0. The first-order chi connectivity index (χ1) is 13.8. The third-order valence-electron chi connectivity index (χ3n) is 5.58. The van der Waals surface area contributed by atoms with Crippen LogP contribution in [0.5, 0.6) is 0 Å². The van der Waals surface area contributed by atoms with Crippen LogP contribution in [0.2, 0.25) is 0 Å². The second-order valence-corrected chi connectivity index (χ2v) is 8.31. The molecule has 0 spiro atoms. The Morgan fingerprint density at radius 3 is 2.59 bits per heavy atom. The van der Waals surface area contributed by atoms with Gasteiger partial charge in [-0.25, -0.2) is 4.79 Å². The molecule has 1 atom stereocenters. The van der Waals surface area contributed by atoms with Crippen molar-refractivity contribution in [2.24, 2.45) is 5.41 Å². The molecule has 2 heterocycles. The lowest BCUT2D eigenvalue weighted by molar-refractivity contribution is -0.121. The van der Waals surface area contributed by atoms with Crippen molar-refractivity contribution in [2.75, 3.05) is 12.0 Å². The fourth-order valence-corrected chi connectivity index (χ4v) is 4.38. The Hall–Kier alpha value is -3.15. The number of benzene rings is 1. The van der Waals surface area contributed by atoms with E-state index >= 15 is 0 Å². The molecule has 4 rings (SSSR count). The average molecular weight is 393 g/mol. The second-order valence-electron chi connectivity index (χ2n) is 8.31. The Kier molecular flexibility index (Phi) is 4.65. The number of allylic oxidation sites excluding steroid dienone is 2. The fourth-order valence-electron chi connectivity index (χ4n) is 4.38. The van der Waals surface area contributed by atoms with Crippen LogP contribution in [-0.2, 0) is 14.3 Å². The zero-order valence-corrected chi connectivity index (χ0v) is 16.7. The lowest BCUT2D eigenvalue weighted by Crippen LogP contribution is -2.44. The maximum Gasteiger partial charge on any atom is 0.339 e. The SMILES string of the molecule is COC(=O)c1ccccc1N1C(=O)CC(c2ccco2)C2=C1CC(C)(C)CC2=O. The van der Waals surface area contributed by atoms with Gasteiger partial charge in [-0.15, -0.1) is 0 Å². The summed E-state index contributed by atoms with van der Waals surface area (Å²) in [5, 5.41) is 0. The number of amides is 1. The van der Waals surface area contributed by atoms with Crippen molar-refractivity contribution in [3.05, 3.63) is 65.3 Å². The van der Waals surface area contributed by atoms with Gasteiger partial charge in [0.2, 0.25) is 5.91 Å². The normalized spacial score (nSPS) is 21.2. The number of carbonyl (C=O) groups is 3. The lowest BCUT2D eigenvalue weighted by Gasteiger charge is -2.42. The van der Waals surface area contributed by atoms with E-state index in [1.54, 1.807) is 47.6 Å². The van der Waals surface area contributed by atoms with E-state index in [2.05, 4.69) is 0 Å². The Balaban J connectivity index is 1.93. The number of Topliss-reactive ketones (excluding diaryl/α,β-unsaturated/α-hetero) is 1. The Morgan fingerprint density at radius 1 is 1.14 bits per heavy atom. The van der Waals surface area contributed by atoms with Crippen LogP contribution < -0.4 is 4.90 Å². The van der Waals surface area contributed by atoms with Gasteiger partial charge >= 0.3 is 5.97 Å². The topological polar surface area (TPSA) is 76.8 Å². The van der Waals surface area contributed by atoms with Crippen molar-refractivity contribution < 1.29 is 23.5 Å². The van der Waals surface area contributed by atoms with Crippen molar-refractivity contribution >= 4 is 23.3 Å². The average Bonchev–Trinajstić information content (AvgIpc) is 3.20. The molecule has 1 unspecified atom stereocenters. The summed E-state index contributed by atoms with van der Waals surface area (Å²) in [4.78, 5) is 40.4. The van der Waals surface area contributed by atoms with Gasteiger partial charge in [-0.1, -0.05) is 26.0 Å². The molecular weight excluding hydrogens is 370 g/mol.